The molecular weight excluding hydrogens is 148 g/mol. The summed E-state index contributed by atoms with van der Waals surface area (Å²) in [5.74, 6) is 0. The van der Waals surface area contributed by atoms with Crippen LogP contribution < -0.4 is 0 Å². The largest absolute Gasteiger partial charge is 0.388 e. The molecular formula is C11H16O. The fraction of sp³-hybridized carbons (Fsp3) is 0.273. The van der Waals surface area contributed by atoms with Crippen LogP contribution in [-0.2, 0) is 4.74 Å². The second-order valence-corrected chi connectivity index (χ2v) is 2.32. The Hall–Kier alpha value is -1.08. The van der Waals surface area contributed by atoms with Gasteiger partial charge in [-0.15, -0.1) is 0 Å². The zero-order chi connectivity index (χ0) is 9.23. The molecule has 0 heterocycles. The standard InChI is InChI=1S/C9H10.C2H6O/c1-2-6-9-7-4-3-5-8-9;1-3-2/h2-8H,1H3;1-2H3. The van der Waals surface area contributed by atoms with E-state index in [1.165, 1.54) is 5.56 Å². The van der Waals surface area contributed by atoms with Crippen molar-refractivity contribution in [2.45, 2.75) is 6.92 Å². The van der Waals surface area contributed by atoms with E-state index in [1.54, 1.807) is 14.2 Å². The number of methoxy groups -OCH3 is 1. The molecule has 0 spiro atoms. The Balaban J connectivity index is 0.000000354. The molecule has 0 amide bonds. The predicted molar refractivity (Wildman–Crippen MR) is 54.1 cm³/mol. The summed E-state index contributed by atoms with van der Waals surface area (Å²) in [4.78, 5) is 0. The van der Waals surface area contributed by atoms with E-state index in [-0.39, 0.29) is 0 Å². The molecule has 0 aliphatic carbocycles. The number of hydrogen-bond acceptors (Lipinski definition) is 1. The molecule has 1 aromatic rings. The smallest absolute Gasteiger partial charge is 0.0351 e. The van der Waals surface area contributed by atoms with E-state index < -0.39 is 0 Å². The minimum absolute atomic E-state index is 1.26. The maximum Gasteiger partial charge on any atom is 0.0351 e. The lowest BCUT2D eigenvalue weighted by molar-refractivity contribution is 0.277. The summed E-state index contributed by atoms with van der Waals surface area (Å²) in [7, 11) is 3.25. The van der Waals surface area contributed by atoms with Gasteiger partial charge < -0.3 is 4.74 Å². The first-order chi connectivity index (χ1) is 5.85. The topological polar surface area (TPSA) is 9.23 Å². The van der Waals surface area contributed by atoms with Gasteiger partial charge in [0.05, 0.1) is 0 Å². The van der Waals surface area contributed by atoms with Crippen LogP contribution in [0.2, 0.25) is 0 Å². The summed E-state index contributed by atoms with van der Waals surface area (Å²) in [5, 5.41) is 0. The Labute approximate surface area is 74.7 Å². The van der Waals surface area contributed by atoms with Crippen LogP contribution in [0, 0.1) is 0 Å². The van der Waals surface area contributed by atoms with Crippen molar-refractivity contribution in [1.82, 2.24) is 0 Å². The second-order valence-electron chi connectivity index (χ2n) is 2.32. The summed E-state index contributed by atoms with van der Waals surface area (Å²) in [6.45, 7) is 2.02. The van der Waals surface area contributed by atoms with E-state index in [1.807, 2.05) is 31.2 Å². The van der Waals surface area contributed by atoms with E-state index in [4.69, 9.17) is 0 Å². The Morgan fingerprint density at radius 3 is 2.00 bits per heavy atom. The first-order valence-corrected chi connectivity index (χ1v) is 3.93. The zero-order valence-electron chi connectivity index (χ0n) is 7.95. The molecule has 0 unspecified atom stereocenters. The molecule has 0 atom stereocenters. The highest BCUT2D eigenvalue weighted by molar-refractivity contribution is 5.47. The molecule has 0 N–H and O–H groups in total. The molecule has 1 rings (SSSR count). The van der Waals surface area contributed by atoms with Gasteiger partial charge in [-0.2, -0.15) is 0 Å². The van der Waals surface area contributed by atoms with Crippen LogP contribution in [0.3, 0.4) is 0 Å². The lowest BCUT2D eigenvalue weighted by atomic mass is 10.2. The van der Waals surface area contributed by atoms with Gasteiger partial charge in [-0.25, -0.2) is 0 Å². The fourth-order valence-corrected chi connectivity index (χ4v) is 0.757. The first-order valence-electron chi connectivity index (χ1n) is 3.93. The van der Waals surface area contributed by atoms with Gasteiger partial charge in [-0.05, 0) is 12.5 Å². The van der Waals surface area contributed by atoms with Crippen molar-refractivity contribution in [2.75, 3.05) is 14.2 Å². The number of hydrogen-bond donors (Lipinski definition) is 0. The van der Waals surface area contributed by atoms with Gasteiger partial charge in [0.15, 0.2) is 0 Å². The van der Waals surface area contributed by atoms with Crippen LogP contribution in [0.1, 0.15) is 12.5 Å². The highest BCUT2D eigenvalue weighted by atomic mass is 16.4. The van der Waals surface area contributed by atoms with Crippen molar-refractivity contribution in [3.63, 3.8) is 0 Å². The van der Waals surface area contributed by atoms with Crippen LogP contribution in [-0.4, -0.2) is 14.2 Å². The molecule has 0 saturated heterocycles. The third-order valence-corrected chi connectivity index (χ3v) is 1.16. The lowest BCUT2D eigenvalue weighted by Gasteiger charge is -1.86. The number of allylic oxidation sites excluding steroid dienone is 1. The summed E-state index contributed by atoms with van der Waals surface area (Å²) in [5.41, 5.74) is 1.26. The quantitative estimate of drug-likeness (QED) is 0.620. The van der Waals surface area contributed by atoms with Crippen molar-refractivity contribution in [2.24, 2.45) is 0 Å². The van der Waals surface area contributed by atoms with Crippen molar-refractivity contribution in [1.29, 1.82) is 0 Å². The summed E-state index contributed by atoms with van der Waals surface area (Å²) < 4.78 is 4.25. The Kier molecular flexibility index (Phi) is 7.30. The average Bonchev–Trinajstić information content (AvgIpc) is 2.08. The van der Waals surface area contributed by atoms with Gasteiger partial charge in [-0.1, -0.05) is 42.5 Å². The summed E-state index contributed by atoms with van der Waals surface area (Å²) >= 11 is 0. The van der Waals surface area contributed by atoms with Crippen molar-refractivity contribution in [3.8, 4) is 0 Å². The minimum atomic E-state index is 1.26. The lowest BCUT2D eigenvalue weighted by Crippen LogP contribution is -1.65. The molecule has 66 valence electrons. The molecule has 1 nitrogen and oxygen atoms in total. The van der Waals surface area contributed by atoms with Gasteiger partial charge in [0.25, 0.3) is 0 Å². The molecule has 0 fully saturated rings. The number of benzene rings is 1. The van der Waals surface area contributed by atoms with Gasteiger partial charge in [0.2, 0.25) is 0 Å². The molecule has 1 heteroatoms. The fourth-order valence-electron chi connectivity index (χ4n) is 0.757. The van der Waals surface area contributed by atoms with Crippen LogP contribution >= 0.6 is 0 Å². The molecule has 0 saturated carbocycles. The van der Waals surface area contributed by atoms with Crippen LogP contribution in [0.15, 0.2) is 36.4 Å². The molecule has 0 aliphatic rings. The SMILES string of the molecule is CC=Cc1ccccc1.COC. The average molecular weight is 164 g/mol. The molecule has 0 bridgehead atoms. The van der Waals surface area contributed by atoms with Crippen molar-refractivity contribution in [3.05, 3.63) is 42.0 Å². The van der Waals surface area contributed by atoms with Crippen LogP contribution in [0.5, 0.6) is 0 Å². The number of ether oxygens (including phenoxy) is 1. The Bertz CT molecular complexity index is 202. The monoisotopic (exact) mass is 164 g/mol. The van der Waals surface area contributed by atoms with Crippen molar-refractivity contribution >= 4 is 6.08 Å². The highest BCUT2D eigenvalue weighted by Gasteiger charge is 1.77. The zero-order valence-corrected chi connectivity index (χ0v) is 7.95. The minimum Gasteiger partial charge on any atom is -0.388 e. The van der Waals surface area contributed by atoms with Gasteiger partial charge in [-0.3, -0.25) is 0 Å². The van der Waals surface area contributed by atoms with E-state index in [2.05, 4.69) is 22.9 Å². The molecule has 0 radical (unpaired) electrons. The van der Waals surface area contributed by atoms with Gasteiger partial charge >= 0.3 is 0 Å². The summed E-state index contributed by atoms with van der Waals surface area (Å²) in [6, 6.07) is 10.3. The Morgan fingerprint density at radius 2 is 1.58 bits per heavy atom. The third kappa shape index (κ3) is 5.69. The van der Waals surface area contributed by atoms with E-state index in [0.717, 1.165) is 0 Å². The maximum absolute atomic E-state index is 4.25. The molecule has 12 heavy (non-hydrogen) atoms. The second kappa shape index (κ2) is 8.02. The molecule has 0 aromatic heterocycles. The first kappa shape index (κ1) is 10.9. The van der Waals surface area contributed by atoms with Crippen LogP contribution in [0.25, 0.3) is 6.08 Å². The van der Waals surface area contributed by atoms with Crippen LogP contribution in [0.4, 0.5) is 0 Å². The molecule has 1 aromatic carbocycles. The molecule has 0 aliphatic heterocycles. The normalized spacial score (nSPS) is 9.25. The predicted octanol–water partition coefficient (Wildman–Crippen LogP) is 2.98. The van der Waals surface area contributed by atoms with Gasteiger partial charge in [0.1, 0.15) is 0 Å². The van der Waals surface area contributed by atoms with E-state index in [9.17, 15) is 0 Å². The highest BCUT2D eigenvalue weighted by Crippen LogP contribution is 1.99. The maximum atomic E-state index is 4.25. The van der Waals surface area contributed by atoms with Gasteiger partial charge in [0, 0.05) is 14.2 Å². The van der Waals surface area contributed by atoms with E-state index >= 15 is 0 Å². The summed E-state index contributed by atoms with van der Waals surface area (Å²) in [6.07, 6.45) is 4.12. The third-order valence-electron chi connectivity index (χ3n) is 1.16. The van der Waals surface area contributed by atoms with Crippen molar-refractivity contribution < 1.29 is 4.74 Å². The Morgan fingerprint density at radius 1 is 1.08 bits per heavy atom. The van der Waals surface area contributed by atoms with E-state index in [0.29, 0.717) is 0 Å². The number of rotatable bonds is 1.